The molecule has 0 saturated heterocycles. The first-order valence-electron chi connectivity index (χ1n) is 8.60. The summed E-state index contributed by atoms with van der Waals surface area (Å²) in [7, 11) is 0. The Balaban J connectivity index is 1.84. The molecule has 1 unspecified atom stereocenters. The SMILES string of the molecule is CCNC(=NCC(=O)NCc1ccccc1)NCC(C)(O)c1cccs1. The molecule has 0 aliphatic carbocycles. The predicted molar refractivity (Wildman–Crippen MR) is 106 cm³/mol. The van der Waals surface area contributed by atoms with Gasteiger partial charge in [0.2, 0.25) is 5.91 Å². The second-order valence-electron chi connectivity index (χ2n) is 6.06. The van der Waals surface area contributed by atoms with Crippen LogP contribution >= 0.6 is 11.3 Å². The quantitative estimate of drug-likeness (QED) is 0.419. The Labute approximate surface area is 158 Å². The highest BCUT2D eigenvalue weighted by molar-refractivity contribution is 7.10. The number of thiophene rings is 1. The lowest BCUT2D eigenvalue weighted by atomic mass is 10.1. The molecule has 26 heavy (non-hydrogen) atoms. The third-order valence-electron chi connectivity index (χ3n) is 3.71. The maximum Gasteiger partial charge on any atom is 0.242 e. The van der Waals surface area contributed by atoms with Gasteiger partial charge in [-0.2, -0.15) is 0 Å². The van der Waals surface area contributed by atoms with Crippen LogP contribution in [0.4, 0.5) is 0 Å². The zero-order valence-corrected chi connectivity index (χ0v) is 16.0. The van der Waals surface area contributed by atoms with Crippen LogP contribution in [0.1, 0.15) is 24.3 Å². The number of nitrogens with zero attached hydrogens (tertiary/aromatic N) is 1. The number of carbonyl (C=O) groups excluding carboxylic acids is 1. The van der Waals surface area contributed by atoms with Crippen LogP contribution < -0.4 is 16.0 Å². The van der Waals surface area contributed by atoms with Gasteiger partial charge in [0.25, 0.3) is 0 Å². The molecule has 1 aromatic heterocycles. The molecule has 1 heterocycles. The molecule has 140 valence electrons. The van der Waals surface area contributed by atoms with Crippen LogP contribution in [0.3, 0.4) is 0 Å². The van der Waals surface area contributed by atoms with Crippen molar-refractivity contribution in [2.45, 2.75) is 26.0 Å². The second-order valence-corrected chi connectivity index (χ2v) is 7.01. The molecular weight excluding hydrogens is 348 g/mol. The van der Waals surface area contributed by atoms with Crippen molar-refractivity contribution in [2.75, 3.05) is 19.6 Å². The number of aliphatic imine (C=N–C) groups is 1. The van der Waals surface area contributed by atoms with Crippen LogP contribution in [-0.4, -0.2) is 36.6 Å². The fourth-order valence-electron chi connectivity index (χ4n) is 2.27. The van der Waals surface area contributed by atoms with E-state index in [1.165, 1.54) is 11.3 Å². The molecule has 0 spiro atoms. The largest absolute Gasteiger partial charge is 0.383 e. The van der Waals surface area contributed by atoms with Gasteiger partial charge < -0.3 is 21.1 Å². The Morgan fingerprint density at radius 1 is 1.15 bits per heavy atom. The van der Waals surface area contributed by atoms with Crippen molar-refractivity contribution in [3.8, 4) is 0 Å². The molecule has 0 fully saturated rings. The number of hydrogen-bond donors (Lipinski definition) is 4. The van der Waals surface area contributed by atoms with E-state index < -0.39 is 5.60 Å². The summed E-state index contributed by atoms with van der Waals surface area (Å²) in [5.74, 6) is 0.343. The summed E-state index contributed by atoms with van der Waals surface area (Å²) in [5, 5.41) is 21.5. The summed E-state index contributed by atoms with van der Waals surface area (Å²) in [6.45, 7) is 5.16. The average molecular weight is 375 g/mol. The normalized spacial score (nSPS) is 13.7. The Kier molecular flexibility index (Phi) is 7.62. The number of hydrogen-bond acceptors (Lipinski definition) is 4. The number of carbonyl (C=O) groups is 1. The minimum absolute atomic E-state index is 0.0172. The van der Waals surface area contributed by atoms with E-state index in [1.807, 2.05) is 54.8 Å². The number of amides is 1. The van der Waals surface area contributed by atoms with Gasteiger partial charge in [-0.3, -0.25) is 4.79 Å². The van der Waals surface area contributed by atoms with Gasteiger partial charge in [-0.1, -0.05) is 36.4 Å². The van der Waals surface area contributed by atoms with Gasteiger partial charge in [-0.15, -0.1) is 11.3 Å². The zero-order valence-electron chi connectivity index (χ0n) is 15.2. The van der Waals surface area contributed by atoms with Crippen LogP contribution in [0, 0.1) is 0 Å². The van der Waals surface area contributed by atoms with Crippen molar-refractivity contribution < 1.29 is 9.90 Å². The van der Waals surface area contributed by atoms with Gasteiger partial charge in [-0.05, 0) is 30.9 Å². The number of nitrogens with one attached hydrogen (secondary N) is 3. The maximum absolute atomic E-state index is 12.0. The lowest BCUT2D eigenvalue weighted by molar-refractivity contribution is -0.119. The molecule has 0 saturated carbocycles. The molecule has 7 heteroatoms. The minimum Gasteiger partial charge on any atom is -0.383 e. The summed E-state index contributed by atoms with van der Waals surface area (Å²) < 4.78 is 0. The average Bonchev–Trinajstić information content (AvgIpc) is 3.19. The summed E-state index contributed by atoms with van der Waals surface area (Å²) in [4.78, 5) is 17.2. The summed E-state index contributed by atoms with van der Waals surface area (Å²) in [6.07, 6.45) is 0. The van der Waals surface area contributed by atoms with E-state index in [2.05, 4.69) is 20.9 Å². The number of aliphatic hydroxyl groups is 1. The van der Waals surface area contributed by atoms with E-state index in [-0.39, 0.29) is 12.5 Å². The Morgan fingerprint density at radius 3 is 2.58 bits per heavy atom. The predicted octanol–water partition coefficient (Wildman–Crippen LogP) is 1.83. The zero-order chi connectivity index (χ0) is 18.8. The topological polar surface area (TPSA) is 85.8 Å². The van der Waals surface area contributed by atoms with E-state index >= 15 is 0 Å². The number of benzene rings is 1. The first-order chi connectivity index (χ1) is 12.5. The highest BCUT2D eigenvalue weighted by atomic mass is 32.1. The monoisotopic (exact) mass is 374 g/mol. The van der Waals surface area contributed by atoms with Crippen LogP contribution in [-0.2, 0) is 16.9 Å². The molecular formula is C19H26N4O2S. The maximum atomic E-state index is 12.0. The Morgan fingerprint density at radius 2 is 1.92 bits per heavy atom. The van der Waals surface area contributed by atoms with Gasteiger partial charge in [0, 0.05) is 18.0 Å². The fraction of sp³-hybridized carbons (Fsp3) is 0.368. The van der Waals surface area contributed by atoms with Gasteiger partial charge in [-0.25, -0.2) is 4.99 Å². The van der Waals surface area contributed by atoms with Crippen LogP contribution in [0.5, 0.6) is 0 Å². The van der Waals surface area contributed by atoms with Crippen molar-refractivity contribution in [1.82, 2.24) is 16.0 Å². The molecule has 0 aliphatic rings. The van der Waals surface area contributed by atoms with Crippen molar-refractivity contribution in [1.29, 1.82) is 0 Å². The lowest BCUT2D eigenvalue weighted by Crippen LogP contribution is -2.44. The molecule has 0 radical (unpaired) electrons. The molecule has 0 aliphatic heterocycles. The molecule has 1 aromatic carbocycles. The molecule has 4 N–H and O–H groups in total. The van der Waals surface area contributed by atoms with Crippen molar-refractivity contribution in [3.63, 3.8) is 0 Å². The molecule has 6 nitrogen and oxygen atoms in total. The van der Waals surface area contributed by atoms with Crippen LogP contribution in [0.25, 0.3) is 0 Å². The minimum atomic E-state index is -1.00. The van der Waals surface area contributed by atoms with Gasteiger partial charge in [0.05, 0.1) is 6.54 Å². The van der Waals surface area contributed by atoms with E-state index in [0.29, 0.717) is 25.6 Å². The Hall–Kier alpha value is -2.38. The first-order valence-corrected chi connectivity index (χ1v) is 9.48. The summed E-state index contributed by atoms with van der Waals surface area (Å²) in [6, 6.07) is 13.5. The first kappa shape index (κ1) is 19.9. The van der Waals surface area contributed by atoms with Crippen LogP contribution in [0.15, 0.2) is 52.8 Å². The van der Waals surface area contributed by atoms with E-state index in [1.54, 1.807) is 6.92 Å². The Bertz CT molecular complexity index is 700. The number of guanidine groups is 1. The third-order valence-corrected chi connectivity index (χ3v) is 4.83. The molecule has 1 atom stereocenters. The molecule has 1 amide bonds. The molecule has 2 aromatic rings. The van der Waals surface area contributed by atoms with Gasteiger partial charge >= 0.3 is 0 Å². The fourth-order valence-corrected chi connectivity index (χ4v) is 3.06. The van der Waals surface area contributed by atoms with E-state index in [9.17, 15) is 9.90 Å². The van der Waals surface area contributed by atoms with Crippen molar-refractivity contribution >= 4 is 23.2 Å². The third kappa shape index (κ3) is 6.50. The molecule has 2 rings (SSSR count). The highest BCUT2D eigenvalue weighted by Gasteiger charge is 2.24. The lowest BCUT2D eigenvalue weighted by Gasteiger charge is -2.23. The standard InChI is InChI=1S/C19H26N4O2S/c1-3-20-18(23-14-19(2,25)16-10-7-11-26-16)22-13-17(24)21-12-15-8-5-4-6-9-15/h4-11,25H,3,12-14H2,1-2H3,(H,21,24)(H2,20,22,23). The van der Waals surface area contributed by atoms with E-state index in [4.69, 9.17) is 0 Å². The van der Waals surface area contributed by atoms with Gasteiger partial charge in [0.15, 0.2) is 5.96 Å². The van der Waals surface area contributed by atoms with Crippen molar-refractivity contribution in [3.05, 3.63) is 58.3 Å². The molecule has 0 bridgehead atoms. The van der Waals surface area contributed by atoms with Crippen LogP contribution in [0.2, 0.25) is 0 Å². The van der Waals surface area contributed by atoms with E-state index in [0.717, 1.165) is 10.4 Å². The number of rotatable bonds is 8. The summed E-state index contributed by atoms with van der Waals surface area (Å²) in [5.41, 5.74) is 0.0433. The second kappa shape index (κ2) is 9.94. The highest BCUT2D eigenvalue weighted by Crippen LogP contribution is 2.24. The van der Waals surface area contributed by atoms with Crippen molar-refractivity contribution in [2.24, 2.45) is 4.99 Å². The summed E-state index contributed by atoms with van der Waals surface area (Å²) >= 11 is 1.50. The smallest absolute Gasteiger partial charge is 0.242 e. The van der Waals surface area contributed by atoms with Gasteiger partial charge in [0.1, 0.15) is 12.1 Å².